The van der Waals surface area contributed by atoms with Gasteiger partial charge < -0.3 is 4.74 Å². The normalized spacial score (nSPS) is 21.8. The van der Waals surface area contributed by atoms with Gasteiger partial charge in [0.1, 0.15) is 6.61 Å². The number of hydrogen-bond donors (Lipinski definition) is 0. The van der Waals surface area contributed by atoms with Gasteiger partial charge in [-0.25, -0.2) is 4.79 Å². The van der Waals surface area contributed by atoms with E-state index in [4.69, 9.17) is 4.74 Å². The molecular formula is C11H13NO5S. The van der Waals surface area contributed by atoms with Crippen molar-refractivity contribution in [1.82, 2.24) is 4.31 Å². The molecule has 0 saturated carbocycles. The maximum Gasteiger partial charge on any atom is 0.426 e. The highest BCUT2D eigenvalue weighted by Crippen LogP contribution is 2.19. The lowest BCUT2D eigenvalue weighted by Gasteiger charge is -2.16. The van der Waals surface area contributed by atoms with Crippen LogP contribution in [-0.2, 0) is 25.8 Å². The third-order valence-corrected chi connectivity index (χ3v) is 3.91. The van der Waals surface area contributed by atoms with Gasteiger partial charge in [-0.15, -0.1) is 0 Å². The smallest absolute Gasteiger partial charge is 0.426 e. The first-order valence-corrected chi connectivity index (χ1v) is 6.76. The SMILES string of the molecule is C[C@@H]1COS(=O)(=O)N1C(=O)OCc1ccccc1. The van der Waals surface area contributed by atoms with Crippen LogP contribution in [0.1, 0.15) is 12.5 Å². The van der Waals surface area contributed by atoms with E-state index in [1.54, 1.807) is 19.1 Å². The van der Waals surface area contributed by atoms with Crippen LogP contribution in [0.3, 0.4) is 0 Å². The molecule has 1 atom stereocenters. The van der Waals surface area contributed by atoms with Crippen molar-refractivity contribution in [2.45, 2.75) is 19.6 Å². The second-order valence-electron chi connectivity index (χ2n) is 3.93. The number of hydrogen-bond acceptors (Lipinski definition) is 5. The Morgan fingerprint density at radius 2 is 2.11 bits per heavy atom. The topological polar surface area (TPSA) is 72.9 Å². The van der Waals surface area contributed by atoms with Crippen molar-refractivity contribution in [3.63, 3.8) is 0 Å². The molecule has 0 spiro atoms. The predicted octanol–water partition coefficient (Wildman–Crippen LogP) is 1.29. The first-order chi connectivity index (χ1) is 8.50. The molecule has 1 heterocycles. The van der Waals surface area contributed by atoms with Crippen molar-refractivity contribution < 1.29 is 22.1 Å². The van der Waals surface area contributed by atoms with Crippen molar-refractivity contribution >= 4 is 16.4 Å². The molecule has 1 aromatic carbocycles. The highest BCUT2D eigenvalue weighted by molar-refractivity contribution is 7.85. The second-order valence-corrected chi connectivity index (χ2v) is 5.41. The van der Waals surface area contributed by atoms with Crippen LogP contribution in [0.5, 0.6) is 0 Å². The summed E-state index contributed by atoms with van der Waals surface area (Å²) in [6.45, 7) is 1.56. The van der Waals surface area contributed by atoms with Gasteiger partial charge in [-0.05, 0) is 12.5 Å². The molecule has 0 radical (unpaired) electrons. The van der Waals surface area contributed by atoms with Crippen LogP contribution in [0.2, 0.25) is 0 Å². The maximum absolute atomic E-state index is 11.7. The Kier molecular flexibility index (Phi) is 3.53. The highest BCUT2D eigenvalue weighted by atomic mass is 32.2. The van der Waals surface area contributed by atoms with Crippen LogP contribution in [0.25, 0.3) is 0 Å². The summed E-state index contributed by atoms with van der Waals surface area (Å²) in [6.07, 6.45) is -0.913. The average Bonchev–Trinajstić information content (AvgIpc) is 2.62. The van der Waals surface area contributed by atoms with Crippen molar-refractivity contribution in [3.05, 3.63) is 35.9 Å². The molecule has 0 unspecified atom stereocenters. The van der Waals surface area contributed by atoms with Crippen LogP contribution < -0.4 is 0 Å². The van der Waals surface area contributed by atoms with Crippen molar-refractivity contribution in [3.8, 4) is 0 Å². The van der Waals surface area contributed by atoms with Gasteiger partial charge in [-0.2, -0.15) is 12.7 Å². The number of amides is 1. The summed E-state index contributed by atoms with van der Waals surface area (Å²) in [5, 5.41) is 0. The number of rotatable bonds is 2. The fourth-order valence-corrected chi connectivity index (χ4v) is 2.80. The van der Waals surface area contributed by atoms with Crippen LogP contribution in [0, 0.1) is 0 Å². The van der Waals surface area contributed by atoms with Gasteiger partial charge in [0.2, 0.25) is 0 Å². The summed E-state index contributed by atoms with van der Waals surface area (Å²) in [7, 11) is -3.98. The van der Waals surface area contributed by atoms with Gasteiger partial charge in [0.05, 0.1) is 12.6 Å². The molecule has 0 N–H and O–H groups in total. The van der Waals surface area contributed by atoms with E-state index < -0.39 is 22.4 Å². The Bertz CT molecular complexity index is 528. The molecule has 0 aliphatic carbocycles. The molecule has 0 bridgehead atoms. The molecule has 1 aliphatic rings. The zero-order valence-electron chi connectivity index (χ0n) is 9.78. The predicted molar refractivity (Wildman–Crippen MR) is 62.8 cm³/mol. The molecular weight excluding hydrogens is 258 g/mol. The van der Waals surface area contributed by atoms with Crippen LogP contribution in [0.4, 0.5) is 4.79 Å². The monoisotopic (exact) mass is 271 g/mol. The zero-order valence-corrected chi connectivity index (χ0v) is 10.6. The van der Waals surface area contributed by atoms with E-state index in [-0.39, 0.29) is 13.2 Å². The second kappa shape index (κ2) is 4.95. The first kappa shape index (κ1) is 12.8. The molecule has 1 amide bonds. The molecule has 2 rings (SSSR count). The van der Waals surface area contributed by atoms with Gasteiger partial charge in [0.25, 0.3) is 0 Å². The summed E-state index contributed by atoms with van der Waals surface area (Å²) in [5.41, 5.74) is 0.788. The Morgan fingerprint density at radius 3 is 2.67 bits per heavy atom. The summed E-state index contributed by atoms with van der Waals surface area (Å²) < 4.78 is 33.0. The van der Waals surface area contributed by atoms with Gasteiger partial charge in [0.15, 0.2) is 0 Å². The summed E-state index contributed by atoms with van der Waals surface area (Å²) >= 11 is 0. The molecule has 0 aromatic heterocycles. The molecule has 18 heavy (non-hydrogen) atoms. The first-order valence-electron chi connectivity index (χ1n) is 5.40. The average molecular weight is 271 g/mol. The van der Waals surface area contributed by atoms with Gasteiger partial charge in [-0.1, -0.05) is 30.3 Å². The quantitative estimate of drug-likeness (QED) is 0.810. The van der Waals surface area contributed by atoms with Gasteiger partial charge in [-0.3, -0.25) is 4.18 Å². The van der Waals surface area contributed by atoms with E-state index in [1.165, 1.54) is 0 Å². The van der Waals surface area contributed by atoms with Gasteiger partial charge >= 0.3 is 16.4 Å². The highest BCUT2D eigenvalue weighted by Gasteiger charge is 2.41. The fourth-order valence-electron chi connectivity index (χ4n) is 1.58. The fraction of sp³-hybridized carbons (Fsp3) is 0.364. The molecule has 1 fully saturated rings. The number of ether oxygens (including phenoxy) is 1. The van der Waals surface area contributed by atoms with E-state index in [1.807, 2.05) is 18.2 Å². The third-order valence-electron chi connectivity index (χ3n) is 2.48. The molecule has 6 nitrogen and oxygen atoms in total. The van der Waals surface area contributed by atoms with E-state index >= 15 is 0 Å². The number of carbonyl (C=O) groups excluding carboxylic acids is 1. The minimum Gasteiger partial charge on any atom is -0.444 e. The van der Waals surface area contributed by atoms with E-state index in [9.17, 15) is 13.2 Å². The lowest BCUT2D eigenvalue weighted by Crippen LogP contribution is -2.38. The van der Waals surface area contributed by atoms with Crippen LogP contribution in [0.15, 0.2) is 30.3 Å². The molecule has 1 saturated heterocycles. The van der Waals surface area contributed by atoms with Crippen molar-refractivity contribution in [1.29, 1.82) is 0 Å². The largest absolute Gasteiger partial charge is 0.444 e. The van der Waals surface area contributed by atoms with Crippen LogP contribution in [-0.4, -0.2) is 31.5 Å². The summed E-state index contributed by atoms with van der Waals surface area (Å²) in [5.74, 6) is 0. The Balaban J connectivity index is 2.00. The maximum atomic E-state index is 11.7. The number of nitrogens with zero attached hydrogens (tertiary/aromatic N) is 1. The lowest BCUT2D eigenvalue weighted by atomic mass is 10.2. The van der Waals surface area contributed by atoms with E-state index in [0.29, 0.717) is 4.31 Å². The standard InChI is InChI=1S/C11H13NO5S/c1-9-7-17-18(14,15)12(9)11(13)16-8-10-5-3-2-4-6-10/h2-6,9H,7-8H2,1H3/t9-/m1/s1. The van der Waals surface area contributed by atoms with Crippen LogP contribution >= 0.6 is 0 Å². The lowest BCUT2D eigenvalue weighted by molar-refractivity contribution is 0.114. The van der Waals surface area contributed by atoms with Gasteiger partial charge in [0, 0.05) is 0 Å². The van der Waals surface area contributed by atoms with Crippen molar-refractivity contribution in [2.75, 3.05) is 6.61 Å². The summed E-state index contributed by atoms with van der Waals surface area (Å²) in [6, 6.07) is 8.48. The Labute approximate surface area is 105 Å². The Morgan fingerprint density at radius 1 is 1.44 bits per heavy atom. The van der Waals surface area contributed by atoms with Crippen molar-refractivity contribution in [2.24, 2.45) is 0 Å². The number of carbonyl (C=O) groups is 1. The molecule has 98 valence electrons. The third kappa shape index (κ3) is 2.62. The molecule has 7 heteroatoms. The van der Waals surface area contributed by atoms with E-state index in [0.717, 1.165) is 5.56 Å². The zero-order chi connectivity index (χ0) is 13.2. The Hall–Kier alpha value is -1.60. The summed E-state index contributed by atoms with van der Waals surface area (Å²) in [4.78, 5) is 11.7. The van der Waals surface area contributed by atoms with E-state index in [2.05, 4.69) is 4.18 Å². The molecule has 1 aliphatic heterocycles. The number of benzene rings is 1. The minimum absolute atomic E-state index is 0.0262. The minimum atomic E-state index is -3.98. The molecule has 1 aromatic rings.